The topological polar surface area (TPSA) is 63.6 Å². The second-order valence-electron chi connectivity index (χ2n) is 11.1. The van der Waals surface area contributed by atoms with Crippen molar-refractivity contribution in [2.75, 3.05) is 0 Å². The number of carbonyl (C=O) groups is 2. The molecule has 38 heavy (non-hydrogen) atoms. The fourth-order valence-electron chi connectivity index (χ4n) is 4.72. The van der Waals surface area contributed by atoms with Crippen LogP contribution in [0, 0.1) is 0 Å². The minimum Gasteiger partial charge on any atom is -0.481 e. The van der Waals surface area contributed by atoms with Crippen LogP contribution in [0.2, 0.25) is 0 Å². The molecule has 4 heteroatoms. The number of rotatable bonds is 29. The molecule has 0 fully saturated rings. The Morgan fingerprint density at radius 3 is 1.58 bits per heavy atom. The molecule has 0 heterocycles. The van der Waals surface area contributed by atoms with Gasteiger partial charge >= 0.3 is 11.9 Å². The van der Waals surface area contributed by atoms with E-state index in [1.54, 1.807) is 0 Å². The molecule has 0 aromatic carbocycles. The zero-order chi connectivity index (χ0) is 27.9. The maximum atomic E-state index is 12.1. The third-order valence-electron chi connectivity index (χ3n) is 7.17. The molecule has 1 N–H and O–H groups in total. The Balaban J connectivity index is 3.36. The van der Waals surface area contributed by atoms with E-state index in [0.717, 1.165) is 51.4 Å². The van der Waals surface area contributed by atoms with E-state index in [4.69, 9.17) is 9.84 Å². The number of unbranched alkanes of at least 4 members (excludes halogenated alkanes) is 18. The number of carbonyl (C=O) groups excluding carboxylic acids is 1. The molecule has 0 saturated heterocycles. The van der Waals surface area contributed by atoms with E-state index in [1.165, 1.54) is 96.3 Å². The monoisotopic (exact) mass is 534 g/mol. The average molecular weight is 535 g/mol. The Hall–Kier alpha value is -1.58. The molecule has 4 nitrogen and oxygen atoms in total. The zero-order valence-corrected chi connectivity index (χ0v) is 25.2. The predicted molar refractivity (Wildman–Crippen MR) is 163 cm³/mol. The van der Waals surface area contributed by atoms with Gasteiger partial charge in [0.25, 0.3) is 0 Å². The van der Waals surface area contributed by atoms with Gasteiger partial charge in [-0.05, 0) is 64.7 Å². The minimum atomic E-state index is -0.683. The first kappa shape index (κ1) is 36.4. The molecular weight excluding hydrogens is 472 g/mol. The Labute approximate surface area is 236 Å². The normalized spacial score (nSPS) is 12.5. The molecule has 0 bridgehead atoms. The van der Waals surface area contributed by atoms with Crippen LogP contribution in [0.25, 0.3) is 0 Å². The van der Waals surface area contributed by atoms with E-state index in [2.05, 4.69) is 31.2 Å². The lowest BCUT2D eigenvalue weighted by atomic mass is 10.0. The summed E-state index contributed by atoms with van der Waals surface area (Å²) in [4.78, 5) is 22.5. The lowest BCUT2D eigenvalue weighted by Crippen LogP contribution is -2.14. The van der Waals surface area contributed by atoms with Gasteiger partial charge in [0, 0.05) is 12.8 Å². The Morgan fingerprint density at radius 1 is 0.605 bits per heavy atom. The number of carboxylic acids is 1. The second kappa shape index (κ2) is 30.0. The van der Waals surface area contributed by atoms with E-state index in [0.29, 0.717) is 12.8 Å². The summed E-state index contributed by atoms with van der Waals surface area (Å²) in [5, 5.41) is 8.63. The maximum absolute atomic E-state index is 12.1. The Morgan fingerprint density at radius 2 is 1.05 bits per heavy atom. The number of ether oxygens (including phenoxy) is 1. The minimum absolute atomic E-state index is 0.0250. The molecule has 0 aliphatic carbocycles. The van der Waals surface area contributed by atoms with Crippen LogP contribution in [-0.2, 0) is 14.3 Å². The van der Waals surface area contributed by atoms with Gasteiger partial charge < -0.3 is 9.84 Å². The summed E-state index contributed by atoms with van der Waals surface area (Å²) < 4.78 is 5.59. The number of allylic oxidation sites excluding steroid dienone is 4. The van der Waals surface area contributed by atoms with E-state index in [-0.39, 0.29) is 12.1 Å². The third kappa shape index (κ3) is 30.6. The maximum Gasteiger partial charge on any atom is 0.306 e. The van der Waals surface area contributed by atoms with Gasteiger partial charge in [0.1, 0.15) is 0 Å². The van der Waals surface area contributed by atoms with E-state index in [9.17, 15) is 9.59 Å². The average Bonchev–Trinajstić information content (AvgIpc) is 2.88. The highest BCUT2D eigenvalue weighted by Gasteiger charge is 2.09. The van der Waals surface area contributed by atoms with Crippen molar-refractivity contribution in [1.82, 2.24) is 0 Å². The second-order valence-corrected chi connectivity index (χ2v) is 11.1. The van der Waals surface area contributed by atoms with Gasteiger partial charge in [0.2, 0.25) is 0 Å². The van der Waals surface area contributed by atoms with Crippen LogP contribution in [0.3, 0.4) is 0 Å². The highest BCUT2D eigenvalue weighted by molar-refractivity contribution is 5.69. The summed E-state index contributed by atoms with van der Waals surface area (Å²) in [5.74, 6) is -0.708. The van der Waals surface area contributed by atoms with Crippen LogP contribution in [0.15, 0.2) is 24.3 Å². The van der Waals surface area contributed by atoms with Crippen molar-refractivity contribution in [3.05, 3.63) is 24.3 Å². The van der Waals surface area contributed by atoms with Crippen LogP contribution in [0.4, 0.5) is 0 Å². The molecule has 1 unspecified atom stereocenters. The fraction of sp³-hybridized carbons (Fsp3) is 0.824. The fourth-order valence-corrected chi connectivity index (χ4v) is 4.72. The van der Waals surface area contributed by atoms with Crippen molar-refractivity contribution in [1.29, 1.82) is 0 Å². The standard InChI is InChI=1S/C34H62O4/c1-3-4-5-6-7-8-9-10-11-12-13-14-15-19-22-25-28-31-34(37)38-32(2)29-26-23-20-17-16-18-21-24-27-30-33(35)36/h7-8,10-11,32H,3-6,9,12-31H2,1-2H3,(H,35,36)/b8-7-,11-10-. The smallest absolute Gasteiger partial charge is 0.306 e. The molecule has 0 rings (SSSR count). The van der Waals surface area contributed by atoms with Gasteiger partial charge in [0.15, 0.2) is 0 Å². The molecule has 0 amide bonds. The van der Waals surface area contributed by atoms with Gasteiger partial charge in [-0.15, -0.1) is 0 Å². The van der Waals surface area contributed by atoms with E-state index >= 15 is 0 Å². The number of esters is 1. The van der Waals surface area contributed by atoms with Crippen molar-refractivity contribution in [3.63, 3.8) is 0 Å². The van der Waals surface area contributed by atoms with Gasteiger partial charge in [-0.2, -0.15) is 0 Å². The summed E-state index contributed by atoms with van der Waals surface area (Å²) in [6.45, 7) is 4.27. The summed E-state index contributed by atoms with van der Waals surface area (Å²) >= 11 is 0. The van der Waals surface area contributed by atoms with Crippen molar-refractivity contribution in [2.45, 2.75) is 180 Å². The van der Waals surface area contributed by atoms with Crippen LogP contribution in [-0.4, -0.2) is 23.1 Å². The summed E-state index contributed by atoms with van der Waals surface area (Å²) in [6, 6.07) is 0. The van der Waals surface area contributed by atoms with Crippen LogP contribution in [0.1, 0.15) is 174 Å². The molecule has 222 valence electrons. The molecule has 0 spiro atoms. The number of hydrogen-bond donors (Lipinski definition) is 1. The summed E-state index contributed by atoms with van der Waals surface area (Å²) in [5.41, 5.74) is 0. The quantitative estimate of drug-likeness (QED) is 0.0589. The Bertz CT molecular complexity index is 581. The first-order chi connectivity index (χ1) is 18.6. The van der Waals surface area contributed by atoms with Gasteiger partial charge in [-0.1, -0.05) is 121 Å². The molecule has 0 radical (unpaired) electrons. The van der Waals surface area contributed by atoms with Crippen molar-refractivity contribution in [3.8, 4) is 0 Å². The highest BCUT2D eigenvalue weighted by Crippen LogP contribution is 2.14. The van der Waals surface area contributed by atoms with Gasteiger partial charge in [0.05, 0.1) is 6.10 Å². The summed E-state index contributed by atoms with van der Waals surface area (Å²) in [7, 11) is 0. The van der Waals surface area contributed by atoms with E-state index in [1.807, 2.05) is 6.92 Å². The molecular formula is C34H62O4. The van der Waals surface area contributed by atoms with Gasteiger partial charge in [-0.3, -0.25) is 9.59 Å². The lowest BCUT2D eigenvalue weighted by Gasteiger charge is -2.13. The largest absolute Gasteiger partial charge is 0.481 e. The molecule has 1 atom stereocenters. The Kier molecular flexibility index (Phi) is 28.7. The molecule has 0 aliphatic heterocycles. The number of aliphatic carboxylic acids is 1. The van der Waals surface area contributed by atoms with Crippen molar-refractivity contribution >= 4 is 11.9 Å². The predicted octanol–water partition coefficient (Wildman–Crippen LogP) is 10.9. The van der Waals surface area contributed by atoms with Crippen LogP contribution >= 0.6 is 0 Å². The first-order valence-electron chi connectivity index (χ1n) is 16.3. The zero-order valence-electron chi connectivity index (χ0n) is 25.2. The third-order valence-corrected chi connectivity index (χ3v) is 7.17. The van der Waals surface area contributed by atoms with Crippen molar-refractivity contribution < 1.29 is 19.4 Å². The summed E-state index contributed by atoms with van der Waals surface area (Å²) in [6.07, 6.45) is 37.3. The van der Waals surface area contributed by atoms with Crippen molar-refractivity contribution in [2.24, 2.45) is 0 Å². The van der Waals surface area contributed by atoms with Crippen LogP contribution < -0.4 is 0 Å². The lowest BCUT2D eigenvalue weighted by molar-refractivity contribution is -0.148. The van der Waals surface area contributed by atoms with Crippen LogP contribution in [0.5, 0.6) is 0 Å². The molecule has 0 saturated carbocycles. The molecule has 0 aromatic rings. The number of carboxylic acid groups (broad SMARTS) is 1. The van der Waals surface area contributed by atoms with E-state index < -0.39 is 5.97 Å². The molecule has 0 aromatic heterocycles. The number of hydrogen-bond acceptors (Lipinski definition) is 3. The SMILES string of the molecule is CCCCC/C=C\C/C=C\CCCCCCCCCC(=O)OC(C)CCCCCCCCCCCC(=O)O. The van der Waals surface area contributed by atoms with Gasteiger partial charge in [-0.25, -0.2) is 0 Å². The highest BCUT2D eigenvalue weighted by atomic mass is 16.5. The molecule has 0 aliphatic rings. The first-order valence-corrected chi connectivity index (χ1v) is 16.3.